The van der Waals surface area contributed by atoms with E-state index in [0.29, 0.717) is 12.0 Å². The number of aliphatic hydroxyl groups is 1. The number of carboxylic acids is 1. The molecule has 3 heteroatoms. The normalized spacial score (nSPS) is 12.1. The van der Waals surface area contributed by atoms with E-state index in [0.717, 1.165) is 5.56 Å². The van der Waals surface area contributed by atoms with Gasteiger partial charge in [0.2, 0.25) is 0 Å². The minimum absolute atomic E-state index is 0.193. The predicted molar refractivity (Wildman–Crippen MR) is 57.9 cm³/mol. The van der Waals surface area contributed by atoms with E-state index < -0.39 is 12.1 Å². The summed E-state index contributed by atoms with van der Waals surface area (Å²) in [5.74, 6) is -0.984. The Bertz CT molecular complexity index is 382. The van der Waals surface area contributed by atoms with Gasteiger partial charge in [0.15, 0.2) is 0 Å². The van der Waals surface area contributed by atoms with E-state index in [1.165, 1.54) is 12.1 Å². The molecule has 1 unspecified atom stereocenters. The first-order chi connectivity index (χ1) is 7.06. The molecular weight excluding hydrogens is 192 g/mol. The number of hydrogen-bond donors (Lipinski definition) is 2. The van der Waals surface area contributed by atoms with Gasteiger partial charge in [0.25, 0.3) is 0 Å². The zero-order valence-electron chi connectivity index (χ0n) is 8.60. The van der Waals surface area contributed by atoms with E-state index in [1.54, 1.807) is 12.1 Å². The van der Waals surface area contributed by atoms with Gasteiger partial charge < -0.3 is 10.2 Å². The van der Waals surface area contributed by atoms with Crippen molar-refractivity contribution in [2.45, 2.75) is 19.4 Å². The summed E-state index contributed by atoms with van der Waals surface area (Å²) >= 11 is 0. The molecule has 0 heterocycles. The molecule has 1 atom stereocenters. The summed E-state index contributed by atoms with van der Waals surface area (Å²) in [6, 6.07) is 4.73. The van der Waals surface area contributed by atoms with Crippen molar-refractivity contribution < 1.29 is 15.0 Å². The summed E-state index contributed by atoms with van der Waals surface area (Å²) in [7, 11) is 0. The highest BCUT2D eigenvalue weighted by molar-refractivity contribution is 5.87. The van der Waals surface area contributed by atoms with Crippen LogP contribution in [0.3, 0.4) is 0 Å². The van der Waals surface area contributed by atoms with Crippen LogP contribution in [-0.4, -0.2) is 16.2 Å². The summed E-state index contributed by atoms with van der Waals surface area (Å²) in [5, 5.41) is 18.6. The lowest BCUT2D eigenvalue weighted by Gasteiger charge is -2.12. The summed E-state index contributed by atoms with van der Waals surface area (Å²) in [6.45, 7) is 5.38. The van der Waals surface area contributed by atoms with Gasteiger partial charge in [0.05, 0.1) is 11.7 Å². The lowest BCUT2D eigenvalue weighted by atomic mass is 9.98. The molecule has 0 aliphatic rings. The third-order valence-electron chi connectivity index (χ3n) is 2.28. The van der Waals surface area contributed by atoms with Gasteiger partial charge >= 0.3 is 5.97 Å². The van der Waals surface area contributed by atoms with Crippen LogP contribution in [0.1, 0.15) is 34.0 Å². The molecule has 0 spiro atoms. The van der Waals surface area contributed by atoms with Crippen LogP contribution in [0, 0.1) is 6.92 Å². The Labute approximate surface area is 88.7 Å². The first kappa shape index (κ1) is 11.5. The number of carbonyl (C=O) groups is 1. The Balaban J connectivity index is 3.09. The number of aryl methyl sites for hydroxylation is 1. The number of aromatic carboxylic acids is 1. The zero-order valence-corrected chi connectivity index (χ0v) is 8.60. The molecular formula is C12H14O3. The van der Waals surface area contributed by atoms with Crippen molar-refractivity contribution in [2.24, 2.45) is 0 Å². The van der Waals surface area contributed by atoms with Crippen LogP contribution in [0.25, 0.3) is 0 Å². The van der Waals surface area contributed by atoms with Crippen molar-refractivity contribution in [1.29, 1.82) is 0 Å². The minimum atomic E-state index is -0.984. The van der Waals surface area contributed by atoms with Gasteiger partial charge in [-0.05, 0) is 36.6 Å². The fourth-order valence-corrected chi connectivity index (χ4v) is 1.42. The van der Waals surface area contributed by atoms with Crippen LogP contribution in [0.2, 0.25) is 0 Å². The largest absolute Gasteiger partial charge is 0.478 e. The molecule has 1 aromatic rings. The first-order valence-corrected chi connectivity index (χ1v) is 4.69. The van der Waals surface area contributed by atoms with E-state index in [1.807, 2.05) is 6.92 Å². The lowest BCUT2D eigenvalue weighted by molar-refractivity contribution is 0.0696. The van der Waals surface area contributed by atoms with Crippen molar-refractivity contribution in [3.05, 3.63) is 47.5 Å². The Kier molecular flexibility index (Phi) is 3.63. The Morgan fingerprint density at radius 3 is 2.80 bits per heavy atom. The molecule has 0 aliphatic carbocycles. The third kappa shape index (κ3) is 2.67. The van der Waals surface area contributed by atoms with Gasteiger partial charge in [0.1, 0.15) is 0 Å². The van der Waals surface area contributed by atoms with Gasteiger partial charge in [-0.15, -0.1) is 6.58 Å². The number of rotatable bonds is 4. The second kappa shape index (κ2) is 4.75. The number of hydrogen-bond acceptors (Lipinski definition) is 2. The lowest BCUT2D eigenvalue weighted by Crippen LogP contribution is -2.03. The van der Waals surface area contributed by atoms with E-state index in [4.69, 9.17) is 5.11 Å². The van der Waals surface area contributed by atoms with E-state index in [-0.39, 0.29) is 5.56 Å². The smallest absolute Gasteiger partial charge is 0.335 e. The minimum Gasteiger partial charge on any atom is -0.478 e. The van der Waals surface area contributed by atoms with Crippen LogP contribution in [-0.2, 0) is 0 Å². The number of aliphatic hydroxyl groups excluding tert-OH is 1. The molecule has 1 rings (SSSR count). The second-order valence-corrected chi connectivity index (χ2v) is 3.42. The molecule has 0 fully saturated rings. The Morgan fingerprint density at radius 2 is 2.27 bits per heavy atom. The molecule has 80 valence electrons. The summed E-state index contributed by atoms with van der Waals surface area (Å²) < 4.78 is 0. The van der Waals surface area contributed by atoms with Crippen LogP contribution in [0.15, 0.2) is 30.9 Å². The molecule has 1 aromatic carbocycles. The summed E-state index contributed by atoms with van der Waals surface area (Å²) in [5.41, 5.74) is 1.72. The quantitative estimate of drug-likeness (QED) is 0.743. The van der Waals surface area contributed by atoms with Gasteiger partial charge in [0, 0.05) is 0 Å². The highest BCUT2D eigenvalue weighted by Gasteiger charge is 2.11. The Morgan fingerprint density at radius 1 is 1.60 bits per heavy atom. The molecule has 0 aromatic heterocycles. The average molecular weight is 206 g/mol. The van der Waals surface area contributed by atoms with Gasteiger partial charge in [-0.2, -0.15) is 0 Å². The molecule has 0 saturated heterocycles. The van der Waals surface area contributed by atoms with E-state index in [2.05, 4.69) is 6.58 Å². The van der Waals surface area contributed by atoms with Crippen molar-refractivity contribution in [1.82, 2.24) is 0 Å². The van der Waals surface area contributed by atoms with Crippen molar-refractivity contribution in [2.75, 3.05) is 0 Å². The van der Waals surface area contributed by atoms with Gasteiger partial charge in [-0.3, -0.25) is 0 Å². The third-order valence-corrected chi connectivity index (χ3v) is 2.28. The van der Waals surface area contributed by atoms with Gasteiger partial charge in [-0.25, -0.2) is 4.79 Å². The van der Waals surface area contributed by atoms with Crippen molar-refractivity contribution >= 4 is 5.97 Å². The van der Waals surface area contributed by atoms with E-state index in [9.17, 15) is 9.90 Å². The SMILES string of the molecule is C=CCC(O)c1cc(C(=O)O)ccc1C. The molecule has 0 aliphatic heterocycles. The van der Waals surface area contributed by atoms with Gasteiger partial charge in [-0.1, -0.05) is 12.1 Å². The average Bonchev–Trinajstić information content (AvgIpc) is 2.18. The first-order valence-electron chi connectivity index (χ1n) is 4.69. The number of benzene rings is 1. The van der Waals surface area contributed by atoms with Crippen molar-refractivity contribution in [3.8, 4) is 0 Å². The van der Waals surface area contributed by atoms with E-state index >= 15 is 0 Å². The predicted octanol–water partition coefficient (Wildman–Crippen LogP) is 2.30. The highest BCUT2D eigenvalue weighted by atomic mass is 16.4. The summed E-state index contributed by atoms with van der Waals surface area (Å²) in [4.78, 5) is 10.7. The maximum atomic E-state index is 10.7. The van der Waals surface area contributed by atoms with Crippen molar-refractivity contribution in [3.63, 3.8) is 0 Å². The van der Waals surface area contributed by atoms with Crippen LogP contribution >= 0.6 is 0 Å². The molecule has 15 heavy (non-hydrogen) atoms. The van der Waals surface area contributed by atoms with Crippen LogP contribution in [0.5, 0.6) is 0 Å². The standard InChI is InChI=1S/C12H14O3/c1-3-4-11(13)10-7-9(12(14)15)6-5-8(10)2/h3,5-7,11,13H,1,4H2,2H3,(H,14,15). The fraction of sp³-hybridized carbons (Fsp3) is 0.250. The number of carboxylic acid groups (broad SMARTS) is 1. The molecule has 0 bridgehead atoms. The molecule has 0 saturated carbocycles. The molecule has 2 N–H and O–H groups in total. The monoisotopic (exact) mass is 206 g/mol. The maximum Gasteiger partial charge on any atom is 0.335 e. The maximum absolute atomic E-state index is 10.7. The summed E-state index contributed by atoms with van der Waals surface area (Å²) in [6.07, 6.45) is 1.35. The molecule has 0 amide bonds. The van der Waals surface area contributed by atoms with Crippen LogP contribution in [0.4, 0.5) is 0 Å². The zero-order chi connectivity index (χ0) is 11.4. The fourth-order valence-electron chi connectivity index (χ4n) is 1.42. The molecule has 3 nitrogen and oxygen atoms in total. The Hall–Kier alpha value is -1.61. The second-order valence-electron chi connectivity index (χ2n) is 3.42. The highest BCUT2D eigenvalue weighted by Crippen LogP contribution is 2.22. The van der Waals surface area contributed by atoms with Crippen LogP contribution < -0.4 is 0 Å². The molecule has 0 radical (unpaired) electrons. The topological polar surface area (TPSA) is 57.5 Å².